The average Bonchev–Trinajstić information content (AvgIpc) is 2.80. The topological polar surface area (TPSA) is 88.1 Å². The van der Waals surface area contributed by atoms with Crippen molar-refractivity contribution >= 4 is 18.0 Å². The Morgan fingerprint density at radius 3 is 2.50 bits per heavy atom. The van der Waals surface area contributed by atoms with Crippen LogP contribution in [0.2, 0.25) is 0 Å². The number of methoxy groups -OCH3 is 1. The number of amides is 1. The highest BCUT2D eigenvalue weighted by Gasteiger charge is 2.24. The molecule has 1 aliphatic carbocycles. The van der Waals surface area contributed by atoms with Crippen molar-refractivity contribution < 1.29 is 24.2 Å². The van der Waals surface area contributed by atoms with Crippen LogP contribution >= 0.6 is 0 Å². The molecule has 7 heteroatoms. The Morgan fingerprint density at radius 1 is 1.12 bits per heavy atom. The predicted molar refractivity (Wildman–Crippen MR) is 124 cm³/mol. The molecule has 7 nitrogen and oxygen atoms in total. The van der Waals surface area contributed by atoms with E-state index in [0.29, 0.717) is 30.9 Å². The van der Waals surface area contributed by atoms with E-state index in [9.17, 15) is 9.59 Å². The summed E-state index contributed by atoms with van der Waals surface area (Å²) in [6, 6.07) is 5.90. The van der Waals surface area contributed by atoms with Gasteiger partial charge in [0.05, 0.1) is 13.0 Å². The lowest BCUT2D eigenvalue weighted by atomic mass is 9.87. The van der Waals surface area contributed by atoms with Crippen molar-refractivity contribution in [1.82, 2.24) is 10.2 Å². The fourth-order valence-electron chi connectivity index (χ4n) is 4.42. The lowest BCUT2D eigenvalue weighted by molar-refractivity contribution is -0.143. The fourth-order valence-corrected chi connectivity index (χ4v) is 4.42. The summed E-state index contributed by atoms with van der Waals surface area (Å²) < 4.78 is 11.4. The minimum atomic E-state index is -0.694. The zero-order chi connectivity index (χ0) is 22.9. The van der Waals surface area contributed by atoms with Crippen LogP contribution in [0.15, 0.2) is 24.3 Å². The Morgan fingerprint density at radius 2 is 1.84 bits per heavy atom. The van der Waals surface area contributed by atoms with Crippen molar-refractivity contribution in [1.29, 1.82) is 0 Å². The highest BCUT2D eigenvalue weighted by Crippen LogP contribution is 2.29. The standard InChI is InChI=1S/C25H36N2O5/c1-18-3-7-21(8-4-18)26-24(28)10-6-19-5-9-22(23(17-19)31-2)32-16-15-27-13-11-20(12-14-27)25(29)30/h5-6,9-10,17-18,20-21H,3-4,7-8,11-16H2,1-2H3,(H,26,28)(H,29,30). The first-order valence-corrected chi connectivity index (χ1v) is 11.7. The molecule has 0 unspecified atom stereocenters. The number of hydrogen-bond acceptors (Lipinski definition) is 5. The maximum Gasteiger partial charge on any atom is 0.306 e. The average molecular weight is 445 g/mol. The molecule has 1 aliphatic heterocycles. The van der Waals surface area contributed by atoms with Gasteiger partial charge in [-0.3, -0.25) is 14.5 Å². The van der Waals surface area contributed by atoms with E-state index in [4.69, 9.17) is 14.6 Å². The zero-order valence-electron chi connectivity index (χ0n) is 19.2. The van der Waals surface area contributed by atoms with Crippen LogP contribution in [-0.4, -0.2) is 61.3 Å². The Balaban J connectivity index is 1.45. The third-order valence-corrected chi connectivity index (χ3v) is 6.58. The SMILES string of the molecule is COc1cc(C=CC(=O)NC2CCC(C)CC2)ccc1OCCN1CCC(C(=O)O)CC1. The molecule has 0 spiro atoms. The third-order valence-electron chi connectivity index (χ3n) is 6.58. The van der Waals surface area contributed by atoms with Gasteiger partial charge in [0.1, 0.15) is 6.61 Å². The number of aliphatic carboxylic acids is 1. The second kappa shape index (κ2) is 11.9. The lowest BCUT2D eigenvalue weighted by Gasteiger charge is -2.29. The minimum absolute atomic E-state index is 0.0597. The number of piperidine rings is 1. The minimum Gasteiger partial charge on any atom is -0.493 e. The highest BCUT2D eigenvalue weighted by molar-refractivity contribution is 5.92. The molecular formula is C25H36N2O5. The van der Waals surface area contributed by atoms with E-state index in [1.165, 1.54) is 12.8 Å². The molecule has 1 amide bonds. The van der Waals surface area contributed by atoms with Crippen molar-refractivity contribution in [2.75, 3.05) is 33.4 Å². The fraction of sp³-hybridized carbons (Fsp3) is 0.600. The molecule has 2 N–H and O–H groups in total. The van der Waals surface area contributed by atoms with Gasteiger partial charge in [-0.2, -0.15) is 0 Å². The largest absolute Gasteiger partial charge is 0.493 e. The van der Waals surface area contributed by atoms with Gasteiger partial charge in [-0.15, -0.1) is 0 Å². The van der Waals surface area contributed by atoms with Gasteiger partial charge < -0.3 is 19.9 Å². The van der Waals surface area contributed by atoms with Crippen molar-refractivity contribution in [3.05, 3.63) is 29.8 Å². The zero-order valence-corrected chi connectivity index (χ0v) is 19.2. The van der Waals surface area contributed by atoms with Gasteiger partial charge in [0.2, 0.25) is 5.91 Å². The summed E-state index contributed by atoms with van der Waals surface area (Å²) in [6.45, 7) is 5.08. The van der Waals surface area contributed by atoms with Gasteiger partial charge >= 0.3 is 5.97 Å². The molecule has 32 heavy (non-hydrogen) atoms. The number of ether oxygens (including phenoxy) is 2. The van der Waals surface area contributed by atoms with E-state index in [-0.39, 0.29) is 17.9 Å². The Labute approximate surface area is 190 Å². The van der Waals surface area contributed by atoms with Crippen LogP contribution in [0.3, 0.4) is 0 Å². The molecule has 0 bridgehead atoms. The Kier molecular flexibility index (Phi) is 8.97. The molecule has 3 rings (SSSR count). The molecule has 2 aliphatic rings. The molecule has 0 aromatic heterocycles. The van der Waals surface area contributed by atoms with Crippen LogP contribution in [-0.2, 0) is 9.59 Å². The summed E-state index contributed by atoms with van der Waals surface area (Å²) in [6.07, 6.45) is 9.20. The van der Waals surface area contributed by atoms with Crippen LogP contribution in [0, 0.1) is 11.8 Å². The predicted octanol–water partition coefficient (Wildman–Crippen LogP) is 3.58. The van der Waals surface area contributed by atoms with Gasteiger partial charge in [0.15, 0.2) is 11.5 Å². The molecule has 1 heterocycles. The number of hydrogen-bond donors (Lipinski definition) is 2. The summed E-state index contributed by atoms with van der Waals surface area (Å²) in [5, 5.41) is 12.2. The molecule has 176 valence electrons. The van der Waals surface area contributed by atoms with E-state index >= 15 is 0 Å². The second-order valence-corrected chi connectivity index (χ2v) is 9.01. The van der Waals surface area contributed by atoms with E-state index in [2.05, 4.69) is 17.1 Å². The highest BCUT2D eigenvalue weighted by atomic mass is 16.5. The van der Waals surface area contributed by atoms with Gasteiger partial charge in [-0.1, -0.05) is 13.0 Å². The first kappa shape index (κ1) is 24.1. The first-order valence-electron chi connectivity index (χ1n) is 11.7. The number of benzene rings is 1. The number of carbonyl (C=O) groups is 2. The van der Waals surface area contributed by atoms with Crippen LogP contribution in [0.25, 0.3) is 6.08 Å². The number of nitrogens with zero attached hydrogens (tertiary/aromatic N) is 1. The van der Waals surface area contributed by atoms with Gasteiger partial charge in [0.25, 0.3) is 0 Å². The maximum atomic E-state index is 12.2. The number of likely N-dealkylation sites (tertiary alicyclic amines) is 1. The van der Waals surface area contributed by atoms with Gasteiger partial charge in [-0.25, -0.2) is 0 Å². The van der Waals surface area contributed by atoms with E-state index in [0.717, 1.165) is 44.0 Å². The maximum absolute atomic E-state index is 12.2. The first-order chi connectivity index (χ1) is 15.4. The summed E-state index contributed by atoms with van der Waals surface area (Å²) in [7, 11) is 1.60. The van der Waals surface area contributed by atoms with E-state index in [1.807, 2.05) is 18.2 Å². The summed E-state index contributed by atoms with van der Waals surface area (Å²) in [5.74, 6) is 1.07. The number of carboxylic acid groups (broad SMARTS) is 1. The van der Waals surface area contributed by atoms with Crippen molar-refractivity contribution in [3.63, 3.8) is 0 Å². The van der Waals surface area contributed by atoms with E-state index < -0.39 is 5.97 Å². The van der Waals surface area contributed by atoms with Crippen LogP contribution < -0.4 is 14.8 Å². The van der Waals surface area contributed by atoms with Crippen molar-refractivity contribution in [2.24, 2.45) is 11.8 Å². The number of carboxylic acids is 1. The Bertz CT molecular complexity index is 794. The van der Waals surface area contributed by atoms with Crippen LogP contribution in [0.4, 0.5) is 0 Å². The quantitative estimate of drug-likeness (QED) is 0.566. The lowest BCUT2D eigenvalue weighted by Crippen LogP contribution is -2.38. The summed E-state index contributed by atoms with van der Waals surface area (Å²) >= 11 is 0. The number of rotatable bonds is 9. The monoisotopic (exact) mass is 444 g/mol. The van der Waals surface area contributed by atoms with Gasteiger partial charge in [0, 0.05) is 18.7 Å². The van der Waals surface area contributed by atoms with Crippen LogP contribution in [0.5, 0.6) is 11.5 Å². The van der Waals surface area contributed by atoms with E-state index in [1.54, 1.807) is 19.3 Å². The van der Waals surface area contributed by atoms with Crippen molar-refractivity contribution in [3.8, 4) is 11.5 Å². The molecule has 2 fully saturated rings. The smallest absolute Gasteiger partial charge is 0.306 e. The normalized spacial score (nSPS) is 22.6. The molecule has 1 aromatic carbocycles. The third kappa shape index (κ3) is 7.26. The number of nitrogens with one attached hydrogen (secondary N) is 1. The molecular weight excluding hydrogens is 408 g/mol. The van der Waals surface area contributed by atoms with Crippen molar-refractivity contribution in [2.45, 2.75) is 51.5 Å². The molecule has 0 atom stereocenters. The second-order valence-electron chi connectivity index (χ2n) is 9.01. The molecule has 1 aromatic rings. The van der Waals surface area contributed by atoms with Gasteiger partial charge in [-0.05, 0) is 81.3 Å². The van der Waals surface area contributed by atoms with Crippen LogP contribution in [0.1, 0.15) is 51.0 Å². The number of carbonyl (C=O) groups excluding carboxylic acids is 1. The molecule has 1 saturated carbocycles. The summed E-state index contributed by atoms with van der Waals surface area (Å²) in [4.78, 5) is 25.5. The Hall–Kier alpha value is -2.54. The summed E-state index contributed by atoms with van der Waals surface area (Å²) in [5.41, 5.74) is 0.873. The molecule has 0 radical (unpaired) electrons. The molecule has 1 saturated heterocycles.